The molecule has 0 unspecified atom stereocenters. The number of fused-ring (bicyclic) bond motifs is 1. The van der Waals surface area contributed by atoms with Crippen molar-refractivity contribution in [2.75, 3.05) is 0 Å². The minimum Gasteiger partial charge on any atom is -0.239 e. The lowest BCUT2D eigenvalue weighted by atomic mass is 10.2. The maximum atomic E-state index is 4.26. The number of aromatic nitrogens is 4. The van der Waals surface area contributed by atoms with Gasteiger partial charge in [0.1, 0.15) is 11.3 Å². The van der Waals surface area contributed by atoms with E-state index in [4.69, 9.17) is 0 Å². The Hall–Kier alpha value is -1.10. The van der Waals surface area contributed by atoms with Gasteiger partial charge in [0.15, 0.2) is 5.65 Å². The summed E-state index contributed by atoms with van der Waals surface area (Å²) in [7, 11) is 0. The molecule has 0 fully saturated rings. The summed E-state index contributed by atoms with van der Waals surface area (Å²) in [6.07, 6.45) is 1.72. The maximum absolute atomic E-state index is 4.26. The van der Waals surface area contributed by atoms with Crippen LogP contribution in [0.25, 0.3) is 11.2 Å². The topological polar surface area (TPSA) is 51.6 Å². The van der Waals surface area contributed by atoms with E-state index in [2.05, 4.69) is 32.6 Å². The van der Waals surface area contributed by atoms with E-state index in [0.717, 1.165) is 11.3 Å². The zero-order chi connectivity index (χ0) is 8.55. The van der Waals surface area contributed by atoms with E-state index in [1.807, 2.05) is 0 Å². The average Bonchev–Trinajstić information content (AvgIpc) is 2.49. The Kier molecular flexibility index (Phi) is 1.73. The Morgan fingerprint density at radius 2 is 2.17 bits per heavy atom. The monoisotopic (exact) mass is 180 g/mol. The van der Waals surface area contributed by atoms with E-state index in [-0.39, 0.29) is 0 Å². The molecule has 4 nitrogen and oxygen atoms in total. The van der Waals surface area contributed by atoms with Crippen molar-refractivity contribution in [1.29, 1.82) is 0 Å². The third kappa shape index (κ3) is 1.16. The van der Waals surface area contributed by atoms with Crippen LogP contribution >= 0.6 is 11.7 Å². The van der Waals surface area contributed by atoms with Crippen LogP contribution in [0.1, 0.15) is 25.6 Å². The van der Waals surface area contributed by atoms with E-state index in [1.54, 1.807) is 6.20 Å². The molecule has 12 heavy (non-hydrogen) atoms. The van der Waals surface area contributed by atoms with Gasteiger partial charge in [-0.25, -0.2) is 9.97 Å². The van der Waals surface area contributed by atoms with Crippen molar-refractivity contribution >= 4 is 22.9 Å². The number of hydrogen-bond donors (Lipinski definition) is 0. The van der Waals surface area contributed by atoms with Crippen LogP contribution in [0.3, 0.4) is 0 Å². The molecule has 0 amide bonds. The van der Waals surface area contributed by atoms with Crippen molar-refractivity contribution in [3.8, 4) is 0 Å². The Morgan fingerprint density at radius 1 is 1.33 bits per heavy atom. The Morgan fingerprint density at radius 3 is 2.92 bits per heavy atom. The van der Waals surface area contributed by atoms with Gasteiger partial charge >= 0.3 is 0 Å². The van der Waals surface area contributed by atoms with Crippen molar-refractivity contribution < 1.29 is 0 Å². The minimum absolute atomic E-state index is 0.344. The molecule has 0 aliphatic carbocycles. The third-order valence-electron chi connectivity index (χ3n) is 1.55. The molecular weight excluding hydrogens is 172 g/mol. The van der Waals surface area contributed by atoms with Crippen LogP contribution in [0.4, 0.5) is 0 Å². The molecule has 0 saturated heterocycles. The van der Waals surface area contributed by atoms with Crippen LogP contribution in [0.15, 0.2) is 6.20 Å². The van der Waals surface area contributed by atoms with Gasteiger partial charge in [0.25, 0.3) is 0 Å². The first kappa shape index (κ1) is 7.54. The molecule has 0 saturated carbocycles. The summed E-state index contributed by atoms with van der Waals surface area (Å²) in [6.45, 7) is 4.11. The second-order valence-corrected chi connectivity index (χ2v) is 3.38. The van der Waals surface area contributed by atoms with Gasteiger partial charge in [-0.2, -0.15) is 8.75 Å². The molecule has 0 spiro atoms. The first-order chi connectivity index (χ1) is 5.77. The zero-order valence-corrected chi connectivity index (χ0v) is 7.67. The predicted octanol–water partition coefficient (Wildman–Crippen LogP) is 1.60. The quantitative estimate of drug-likeness (QED) is 0.669. The van der Waals surface area contributed by atoms with Crippen molar-refractivity contribution in [2.45, 2.75) is 19.8 Å². The summed E-state index contributed by atoms with van der Waals surface area (Å²) in [5.41, 5.74) is 1.49. The largest absolute Gasteiger partial charge is 0.239 e. The summed E-state index contributed by atoms with van der Waals surface area (Å²) in [6, 6.07) is 0. The fourth-order valence-corrected chi connectivity index (χ4v) is 1.36. The SMILES string of the molecule is CC(C)c1ncc2nsnc2n1. The van der Waals surface area contributed by atoms with Gasteiger partial charge in [0.05, 0.1) is 17.9 Å². The molecule has 0 aliphatic rings. The minimum atomic E-state index is 0.344. The van der Waals surface area contributed by atoms with E-state index >= 15 is 0 Å². The van der Waals surface area contributed by atoms with Crippen molar-refractivity contribution in [2.24, 2.45) is 0 Å². The molecule has 5 heteroatoms. The van der Waals surface area contributed by atoms with Gasteiger partial charge in [-0.15, -0.1) is 0 Å². The summed E-state index contributed by atoms with van der Waals surface area (Å²) >= 11 is 1.17. The van der Waals surface area contributed by atoms with E-state index in [0.29, 0.717) is 11.6 Å². The highest BCUT2D eigenvalue weighted by atomic mass is 32.1. The van der Waals surface area contributed by atoms with Gasteiger partial charge in [-0.3, -0.25) is 0 Å². The van der Waals surface area contributed by atoms with E-state index < -0.39 is 0 Å². The fourth-order valence-electron chi connectivity index (χ4n) is 0.892. The van der Waals surface area contributed by atoms with Crippen LogP contribution < -0.4 is 0 Å². The number of nitrogens with zero attached hydrogens (tertiary/aromatic N) is 4. The Balaban J connectivity index is 2.60. The van der Waals surface area contributed by atoms with Crippen LogP contribution in [0, 0.1) is 0 Å². The smallest absolute Gasteiger partial charge is 0.196 e. The molecule has 0 N–H and O–H groups in total. The van der Waals surface area contributed by atoms with Gasteiger partial charge in [-0.1, -0.05) is 13.8 Å². The molecule has 2 heterocycles. The van der Waals surface area contributed by atoms with Crippen LogP contribution in [-0.4, -0.2) is 18.7 Å². The first-order valence-corrected chi connectivity index (χ1v) is 4.45. The van der Waals surface area contributed by atoms with Gasteiger partial charge < -0.3 is 0 Å². The lowest BCUT2D eigenvalue weighted by molar-refractivity contribution is 0.781. The van der Waals surface area contributed by atoms with Crippen LogP contribution in [0.5, 0.6) is 0 Å². The number of rotatable bonds is 1. The molecule has 0 bridgehead atoms. The molecule has 62 valence electrons. The second kappa shape index (κ2) is 2.75. The lowest BCUT2D eigenvalue weighted by Crippen LogP contribution is -1.96. The number of hydrogen-bond acceptors (Lipinski definition) is 5. The Labute approximate surface area is 74.0 Å². The van der Waals surface area contributed by atoms with Crippen molar-refractivity contribution in [3.63, 3.8) is 0 Å². The van der Waals surface area contributed by atoms with Gasteiger partial charge in [-0.05, 0) is 0 Å². The molecule has 0 aromatic carbocycles. The molecule has 0 radical (unpaired) electrons. The zero-order valence-electron chi connectivity index (χ0n) is 6.85. The molecule has 2 aromatic heterocycles. The van der Waals surface area contributed by atoms with Crippen molar-refractivity contribution in [1.82, 2.24) is 18.7 Å². The molecule has 0 aliphatic heterocycles. The van der Waals surface area contributed by atoms with Crippen LogP contribution in [-0.2, 0) is 0 Å². The summed E-state index contributed by atoms with van der Waals surface area (Å²) in [5.74, 6) is 1.17. The summed E-state index contributed by atoms with van der Waals surface area (Å²) in [5, 5.41) is 0. The Bertz CT molecular complexity index is 395. The highest BCUT2D eigenvalue weighted by Gasteiger charge is 2.05. The highest BCUT2D eigenvalue weighted by molar-refractivity contribution is 7.00. The highest BCUT2D eigenvalue weighted by Crippen LogP contribution is 2.12. The average molecular weight is 180 g/mol. The van der Waals surface area contributed by atoms with E-state index in [1.165, 1.54) is 11.7 Å². The third-order valence-corrected chi connectivity index (χ3v) is 2.08. The molecule has 2 aromatic rings. The normalized spacial score (nSPS) is 11.2. The molecule has 2 rings (SSSR count). The van der Waals surface area contributed by atoms with Gasteiger partial charge in [0.2, 0.25) is 0 Å². The van der Waals surface area contributed by atoms with Crippen LogP contribution in [0.2, 0.25) is 0 Å². The standard InChI is InChI=1S/C7H8N4S/c1-4(2)6-8-3-5-7(9-6)11-12-10-5/h3-4H,1-2H3. The summed E-state index contributed by atoms with van der Waals surface area (Å²) in [4.78, 5) is 8.43. The van der Waals surface area contributed by atoms with Gasteiger partial charge in [0, 0.05) is 5.92 Å². The van der Waals surface area contributed by atoms with Crippen molar-refractivity contribution in [3.05, 3.63) is 12.0 Å². The maximum Gasteiger partial charge on any atom is 0.196 e. The fraction of sp³-hybridized carbons (Fsp3) is 0.429. The molecular formula is C7H8N4S. The lowest BCUT2D eigenvalue weighted by Gasteiger charge is -1.99. The molecule has 0 atom stereocenters. The van der Waals surface area contributed by atoms with E-state index in [9.17, 15) is 0 Å². The second-order valence-electron chi connectivity index (χ2n) is 2.86. The predicted molar refractivity (Wildman–Crippen MR) is 47.1 cm³/mol. The first-order valence-electron chi connectivity index (χ1n) is 3.72. The summed E-state index contributed by atoms with van der Waals surface area (Å²) < 4.78 is 8.07.